The summed E-state index contributed by atoms with van der Waals surface area (Å²) in [7, 11) is 0. The zero-order valence-electron chi connectivity index (χ0n) is 7.78. The van der Waals surface area contributed by atoms with Gasteiger partial charge < -0.3 is 4.74 Å². The van der Waals surface area contributed by atoms with Crippen LogP contribution in [-0.4, -0.2) is 12.1 Å². The summed E-state index contributed by atoms with van der Waals surface area (Å²) < 4.78 is 4.17. The Kier molecular flexibility index (Phi) is 7.05. The van der Waals surface area contributed by atoms with E-state index in [1.807, 2.05) is 0 Å². The average Bonchev–Trinajstić information content (AvgIpc) is 2.01. The topological polar surface area (TPSA) is 26.3 Å². The van der Waals surface area contributed by atoms with Gasteiger partial charge in [-0.3, -0.25) is 0 Å². The van der Waals surface area contributed by atoms with Crippen LogP contribution >= 0.6 is 58.0 Å². The molecular formula is C8H7Cl5O2. The molecular weight excluding hydrogens is 305 g/mol. The van der Waals surface area contributed by atoms with E-state index in [-0.39, 0.29) is 25.7 Å². The second kappa shape index (κ2) is 6.87. The molecule has 7 heteroatoms. The first kappa shape index (κ1) is 15.4. The summed E-state index contributed by atoms with van der Waals surface area (Å²) in [5, 5.41) is -0.246. The van der Waals surface area contributed by atoms with Crippen LogP contribution < -0.4 is 0 Å². The molecule has 0 rings (SSSR count). The van der Waals surface area contributed by atoms with Crippen LogP contribution in [0.2, 0.25) is 0 Å². The Morgan fingerprint density at radius 2 is 1.47 bits per heavy atom. The fraction of sp³-hybridized carbons (Fsp3) is 0.375. The van der Waals surface area contributed by atoms with Gasteiger partial charge in [0.05, 0.1) is 11.1 Å². The predicted octanol–water partition coefficient (Wildman–Crippen LogP) is 4.51. The van der Waals surface area contributed by atoms with Crippen LogP contribution in [0.5, 0.6) is 0 Å². The SMILES string of the molecule is CC(C)OC(=O)C(=C(Cl)Cl)C(Cl)=C(Cl)Cl. The maximum absolute atomic E-state index is 11.5. The smallest absolute Gasteiger partial charge is 0.342 e. The van der Waals surface area contributed by atoms with Crippen LogP contribution in [-0.2, 0) is 9.53 Å². The van der Waals surface area contributed by atoms with Crippen LogP contribution in [0.15, 0.2) is 19.6 Å². The lowest BCUT2D eigenvalue weighted by atomic mass is 10.3. The minimum atomic E-state index is -0.784. The lowest BCUT2D eigenvalue weighted by molar-refractivity contribution is -0.142. The van der Waals surface area contributed by atoms with Crippen molar-refractivity contribution in [3.8, 4) is 0 Å². The van der Waals surface area contributed by atoms with Crippen LogP contribution in [0, 0.1) is 0 Å². The summed E-state index contributed by atoms with van der Waals surface area (Å²) in [6.45, 7) is 3.33. The van der Waals surface area contributed by atoms with Crippen molar-refractivity contribution in [2.45, 2.75) is 20.0 Å². The molecule has 0 heterocycles. The van der Waals surface area contributed by atoms with Gasteiger partial charge in [0.2, 0.25) is 0 Å². The first-order valence-electron chi connectivity index (χ1n) is 3.74. The predicted molar refractivity (Wildman–Crippen MR) is 64.5 cm³/mol. The minimum Gasteiger partial charge on any atom is -0.459 e. The maximum Gasteiger partial charge on any atom is 0.342 e. The third-order valence-corrected chi connectivity index (χ3v) is 2.45. The molecule has 0 saturated carbocycles. The number of hydrogen-bond donors (Lipinski definition) is 0. The van der Waals surface area contributed by atoms with Crippen molar-refractivity contribution in [1.29, 1.82) is 0 Å². The highest BCUT2D eigenvalue weighted by Gasteiger charge is 2.22. The molecule has 0 aromatic heterocycles. The van der Waals surface area contributed by atoms with Gasteiger partial charge >= 0.3 is 5.97 Å². The number of carbonyl (C=O) groups is 1. The summed E-state index contributed by atoms with van der Waals surface area (Å²) in [5.74, 6) is -0.784. The summed E-state index contributed by atoms with van der Waals surface area (Å²) in [4.78, 5) is 11.5. The summed E-state index contributed by atoms with van der Waals surface area (Å²) in [5.41, 5.74) is -0.256. The largest absolute Gasteiger partial charge is 0.459 e. The van der Waals surface area contributed by atoms with E-state index in [9.17, 15) is 4.79 Å². The van der Waals surface area contributed by atoms with E-state index < -0.39 is 5.97 Å². The number of carbonyl (C=O) groups excluding carboxylic acids is 1. The zero-order chi connectivity index (χ0) is 12.2. The molecule has 2 nitrogen and oxygen atoms in total. The number of esters is 1. The highest BCUT2D eigenvalue weighted by molar-refractivity contribution is 6.62. The molecule has 15 heavy (non-hydrogen) atoms. The highest BCUT2D eigenvalue weighted by atomic mass is 35.5. The Hall–Kier alpha value is 0.400. The van der Waals surface area contributed by atoms with Crippen molar-refractivity contribution in [2.24, 2.45) is 0 Å². The Morgan fingerprint density at radius 1 is 1.00 bits per heavy atom. The van der Waals surface area contributed by atoms with Crippen molar-refractivity contribution in [2.75, 3.05) is 0 Å². The van der Waals surface area contributed by atoms with Gasteiger partial charge in [-0.15, -0.1) is 0 Å². The van der Waals surface area contributed by atoms with Crippen LogP contribution in [0.25, 0.3) is 0 Å². The molecule has 0 bridgehead atoms. The molecule has 0 fully saturated rings. The van der Waals surface area contributed by atoms with Gasteiger partial charge in [-0.05, 0) is 13.8 Å². The van der Waals surface area contributed by atoms with Gasteiger partial charge in [0, 0.05) is 0 Å². The lowest BCUT2D eigenvalue weighted by Crippen LogP contribution is -2.14. The Balaban J connectivity index is 5.14. The third kappa shape index (κ3) is 5.32. The fourth-order valence-corrected chi connectivity index (χ4v) is 1.42. The van der Waals surface area contributed by atoms with E-state index in [1.54, 1.807) is 13.8 Å². The summed E-state index contributed by atoms with van der Waals surface area (Å²) in [6, 6.07) is 0. The molecule has 0 amide bonds. The van der Waals surface area contributed by atoms with Gasteiger partial charge in [-0.1, -0.05) is 58.0 Å². The highest BCUT2D eigenvalue weighted by Crippen LogP contribution is 2.31. The van der Waals surface area contributed by atoms with Gasteiger partial charge in [0.1, 0.15) is 14.6 Å². The van der Waals surface area contributed by atoms with Crippen molar-refractivity contribution in [3.63, 3.8) is 0 Å². The molecule has 0 atom stereocenters. The molecule has 0 aliphatic heterocycles. The lowest BCUT2D eigenvalue weighted by Gasteiger charge is -2.10. The van der Waals surface area contributed by atoms with Crippen molar-refractivity contribution in [3.05, 3.63) is 19.6 Å². The molecule has 0 aromatic rings. The number of rotatable bonds is 3. The first-order chi connectivity index (χ1) is 6.77. The van der Waals surface area contributed by atoms with Crippen molar-refractivity contribution < 1.29 is 9.53 Å². The van der Waals surface area contributed by atoms with E-state index in [0.29, 0.717) is 0 Å². The Labute approximate surface area is 113 Å². The molecule has 0 N–H and O–H groups in total. The minimum absolute atomic E-state index is 0.246. The second-order valence-corrected chi connectivity index (χ2v) is 4.94. The molecule has 0 saturated heterocycles. The van der Waals surface area contributed by atoms with Gasteiger partial charge in [0.15, 0.2) is 0 Å². The van der Waals surface area contributed by atoms with Crippen molar-refractivity contribution >= 4 is 64.0 Å². The average molecular weight is 312 g/mol. The number of hydrogen-bond acceptors (Lipinski definition) is 2. The number of ether oxygens (including phenoxy) is 1. The zero-order valence-corrected chi connectivity index (χ0v) is 11.6. The maximum atomic E-state index is 11.5. The molecule has 0 aliphatic rings. The molecule has 0 spiro atoms. The van der Waals surface area contributed by atoms with E-state index >= 15 is 0 Å². The summed E-state index contributed by atoms with van der Waals surface area (Å²) >= 11 is 27.4. The molecule has 0 unspecified atom stereocenters. The Bertz CT molecular complexity index is 311. The quantitative estimate of drug-likeness (QED) is 0.435. The normalized spacial score (nSPS) is 9.87. The van der Waals surface area contributed by atoms with Gasteiger partial charge in [-0.25, -0.2) is 4.79 Å². The fourth-order valence-electron chi connectivity index (χ4n) is 0.617. The third-order valence-electron chi connectivity index (χ3n) is 1.12. The van der Waals surface area contributed by atoms with E-state index in [2.05, 4.69) is 0 Å². The molecule has 0 radical (unpaired) electrons. The van der Waals surface area contributed by atoms with Gasteiger partial charge in [0.25, 0.3) is 0 Å². The van der Waals surface area contributed by atoms with E-state index in [4.69, 9.17) is 62.7 Å². The van der Waals surface area contributed by atoms with E-state index in [0.717, 1.165) is 0 Å². The molecule has 0 aliphatic carbocycles. The molecule has 86 valence electrons. The standard InChI is InChI=1S/C8H7Cl5O2/c1-3(2)15-8(14)4(6(10)11)5(9)7(12)13/h3H,1-2H3. The van der Waals surface area contributed by atoms with Crippen LogP contribution in [0.4, 0.5) is 0 Å². The summed E-state index contributed by atoms with van der Waals surface area (Å²) in [6.07, 6.45) is -0.334. The Morgan fingerprint density at radius 3 is 1.73 bits per heavy atom. The van der Waals surface area contributed by atoms with Gasteiger partial charge in [-0.2, -0.15) is 0 Å². The first-order valence-corrected chi connectivity index (χ1v) is 5.63. The monoisotopic (exact) mass is 310 g/mol. The molecule has 0 aromatic carbocycles. The second-order valence-electron chi connectivity index (χ2n) is 2.66. The van der Waals surface area contributed by atoms with E-state index in [1.165, 1.54) is 0 Å². The van der Waals surface area contributed by atoms with Crippen LogP contribution in [0.1, 0.15) is 13.8 Å². The van der Waals surface area contributed by atoms with Crippen molar-refractivity contribution in [1.82, 2.24) is 0 Å². The van der Waals surface area contributed by atoms with Crippen LogP contribution in [0.3, 0.4) is 0 Å². The number of halogens is 5.